The van der Waals surface area contributed by atoms with Crippen molar-refractivity contribution in [1.29, 1.82) is 0 Å². The molecule has 1 fully saturated rings. The quantitative estimate of drug-likeness (QED) is 0.308. The number of likely N-dealkylation sites (tertiary alicyclic amines) is 1. The van der Waals surface area contributed by atoms with Gasteiger partial charge in [0.1, 0.15) is 18.2 Å². The number of aliphatic carboxylic acids is 1. The molecule has 1 amide bonds. The number of hydrogen-bond acceptors (Lipinski definition) is 7. The zero-order chi connectivity index (χ0) is 22.4. The molecule has 1 aliphatic heterocycles. The van der Waals surface area contributed by atoms with Crippen LogP contribution in [0.15, 0.2) is 29.2 Å². The van der Waals surface area contributed by atoms with Crippen LogP contribution in [0, 0.1) is 10.1 Å². The average Bonchev–Trinajstić information content (AvgIpc) is 2.88. The summed E-state index contributed by atoms with van der Waals surface area (Å²) >= 11 is 0. The number of nitro benzene ring substituents is 1. The minimum Gasteiger partial charge on any atom is -0.477 e. The van der Waals surface area contributed by atoms with E-state index in [9.17, 15) is 38.3 Å². The average molecular weight is 431 g/mol. The molecule has 0 radical (unpaired) electrons. The summed E-state index contributed by atoms with van der Waals surface area (Å²) in [6, 6.07) is 4.00. The molecule has 3 atom stereocenters. The largest absolute Gasteiger partial charge is 0.514 e. The topological polar surface area (TPSA) is 161 Å². The van der Waals surface area contributed by atoms with Gasteiger partial charge in [-0.3, -0.25) is 14.3 Å². The lowest BCUT2D eigenvalue weighted by Crippen LogP contribution is -2.73. The molecule has 12 heteroatoms. The molecule has 0 spiro atoms. The number of carboxylic acids is 1. The predicted octanol–water partition coefficient (Wildman–Crippen LogP) is 2.21. The number of hydrogen-bond donors (Lipinski definition) is 2. The lowest BCUT2D eigenvalue weighted by Gasteiger charge is -2.48. The van der Waals surface area contributed by atoms with Crippen molar-refractivity contribution >= 4 is 27.9 Å². The summed E-state index contributed by atoms with van der Waals surface area (Å²) in [6.07, 6.45) is -2.97. The summed E-state index contributed by atoms with van der Waals surface area (Å²) in [6.45, 7) is 5.57. The first kappa shape index (κ1) is 22.7. The minimum atomic E-state index is -4.40. The second-order valence-corrected chi connectivity index (χ2v) is 9.72. The summed E-state index contributed by atoms with van der Waals surface area (Å²) in [7, 11) is -4.40. The van der Waals surface area contributed by atoms with Gasteiger partial charge >= 0.3 is 12.1 Å². The smallest absolute Gasteiger partial charge is 0.477 e. The molecule has 160 valence electrons. The van der Waals surface area contributed by atoms with Crippen molar-refractivity contribution < 1.29 is 41.8 Å². The maximum Gasteiger partial charge on any atom is 0.514 e. The fraction of sp³-hybridized carbons (Fsp3) is 0.529. The first-order chi connectivity index (χ1) is 13.1. The molecule has 1 aliphatic rings. The predicted molar refractivity (Wildman–Crippen MR) is 98.7 cm³/mol. The van der Waals surface area contributed by atoms with E-state index < -0.39 is 48.8 Å². The second-order valence-electron chi connectivity index (χ2n) is 8.15. The van der Waals surface area contributed by atoms with E-state index in [2.05, 4.69) is 0 Å². The lowest BCUT2D eigenvalue weighted by molar-refractivity contribution is -0.929. The molecular weight excluding hydrogens is 408 g/mol. The highest BCUT2D eigenvalue weighted by Gasteiger charge is 2.70. The highest BCUT2D eigenvalue weighted by Crippen LogP contribution is 2.46. The van der Waals surface area contributed by atoms with Gasteiger partial charge in [-0.25, -0.2) is 9.28 Å². The Labute approximate surface area is 167 Å². The summed E-state index contributed by atoms with van der Waals surface area (Å²) < 4.78 is 29.4. The number of quaternary nitrogens is 1. The second kappa shape index (κ2) is 7.04. The minimum absolute atomic E-state index is 0.308. The fourth-order valence-corrected chi connectivity index (χ4v) is 5.11. The van der Waals surface area contributed by atoms with E-state index in [1.54, 1.807) is 20.8 Å². The monoisotopic (exact) mass is 431 g/mol. The molecule has 1 aromatic carbocycles. The molecule has 2 N–H and O–H groups in total. The Bertz CT molecular complexity index is 952. The van der Waals surface area contributed by atoms with Crippen LogP contribution in [-0.4, -0.2) is 63.8 Å². The Balaban J connectivity index is 2.43. The van der Waals surface area contributed by atoms with Crippen LogP contribution in [0.5, 0.6) is 0 Å². The molecule has 0 saturated carbocycles. The molecule has 1 unspecified atom stereocenters. The molecule has 0 aliphatic carbocycles. The number of nitrogens with zero attached hydrogens (tertiary/aromatic N) is 2. The van der Waals surface area contributed by atoms with Crippen LogP contribution in [-0.2, 0) is 19.1 Å². The van der Waals surface area contributed by atoms with Gasteiger partial charge in [-0.05, 0) is 32.9 Å². The molecule has 1 heterocycles. The van der Waals surface area contributed by atoms with Crippen molar-refractivity contribution in [1.82, 2.24) is 0 Å². The zero-order valence-corrected chi connectivity index (χ0v) is 17.2. The van der Waals surface area contributed by atoms with Crippen molar-refractivity contribution in [3.05, 3.63) is 34.4 Å². The molecule has 29 heavy (non-hydrogen) atoms. The highest BCUT2D eigenvalue weighted by molar-refractivity contribution is 7.86. The van der Waals surface area contributed by atoms with Gasteiger partial charge in [-0.15, -0.1) is 0 Å². The molecule has 2 rings (SSSR count). The van der Waals surface area contributed by atoms with E-state index in [0.29, 0.717) is 0 Å². The number of benzene rings is 1. The Morgan fingerprint density at radius 1 is 1.24 bits per heavy atom. The van der Waals surface area contributed by atoms with Crippen molar-refractivity contribution in [2.75, 3.05) is 6.54 Å². The van der Waals surface area contributed by atoms with Crippen LogP contribution >= 0.6 is 0 Å². The maximum atomic E-state index is 12.6. The Morgan fingerprint density at radius 2 is 1.76 bits per heavy atom. The first-order valence-corrected chi connectivity index (χ1v) is 10.0. The Kier molecular flexibility index (Phi) is 5.51. The van der Waals surface area contributed by atoms with Crippen molar-refractivity contribution in [3.63, 3.8) is 0 Å². The number of amides is 1. The normalized spacial score (nSPS) is 27.5. The first-order valence-electron chi connectivity index (χ1n) is 8.61. The van der Waals surface area contributed by atoms with Gasteiger partial charge in [0.05, 0.1) is 9.82 Å². The standard InChI is InChI=1S/C17H22N2O9S/c1-16(2,3)19(15(22)23)10-12(9-17(19,4)14(20)21)28-29(26,27)13-7-5-11(6-8-13)18(24)25/h5-8,12H,9-10H2,1-4H3,(H-,20,21,22,23)/p+1/t12-,17+,19?/m1/s1. The zero-order valence-electron chi connectivity index (χ0n) is 16.4. The third-order valence-corrected chi connectivity index (χ3v) is 6.85. The van der Waals surface area contributed by atoms with Crippen LogP contribution in [0.2, 0.25) is 0 Å². The summed E-state index contributed by atoms with van der Waals surface area (Å²) in [5.74, 6) is -1.38. The molecule has 1 saturated heterocycles. The van der Waals surface area contributed by atoms with Crippen molar-refractivity contribution in [3.8, 4) is 0 Å². The maximum absolute atomic E-state index is 12.6. The van der Waals surface area contributed by atoms with E-state index in [-0.39, 0.29) is 23.5 Å². The lowest BCUT2D eigenvalue weighted by atomic mass is 9.90. The molecule has 11 nitrogen and oxygen atoms in total. The van der Waals surface area contributed by atoms with Crippen LogP contribution < -0.4 is 0 Å². The number of rotatable bonds is 5. The Morgan fingerprint density at radius 3 is 2.10 bits per heavy atom. The SMILES string of the molecule is CC(C)(C)[N+]1(C(=O)O)C[C@H](OS(=O)(=O)c2ccc([N+](=O)[O-])cc2)C[C@@]1(C)C(=O)O. The number of nitro groups is 1. The van der Waals surface area contributed by atoms with Crippen molar-refractivity contribution in [2.24, 2.45) is 0 Å². The van der Waals surface area contributed by atoms with Gasteiger partial charge in [0.25, 0.3) is 15.8 Å². The van der Waals surface area contributed by atoms with E-state index in [0.717, 1.165) is 24.3 Å². The van der Waals surface area contributed by atoms with Crippen LogP contribution in [0.4, 0.5) is 10.5 Å². The van der Waals surface area contributed by atoms with Crippen LogP contribution in [0.3, 0.4) is 0 Å². The van der Waals surface area contributed by atoms with E-state index in [1.807, 2.05) is 0 Å². The van der Waals surface area contributed by atoms with Gasteiger partial charge in [0.15, 0.2) is 0 Å². The summed E-state index contributed by atoms with van der Waals surface area (Å²) in [4.78, 5) is 33.9. The fourth-order valence-electron chi connectivity index (χ4n) is 4.05. The summed E-state index contributed by atoms with van der Waals surface area (Å²) in [5, 5.41) is 30.4. The molecule has 0 aromatic heterocycles. The van der Waals surface area contributed by atoms with E-state index in [1.165, 1.54) is 6.92 Å². The van der Waals surface area contributed by atoms with Gasteiger partial charge in [0.2, 0.25) is 5.54 Å². The molecule has 0 bridgehead atoms. The van der Waals surface area contributed by atoms with Crippen LogP contribution in [0.1, 0.15) is 34.1 Å². The molecular formula is C17H23N2O9S+. The van der Waals surface area contributed by atoms with Gasteiger partial charge in [-0.2, -0.15) is 13.2 Å². The molecule has 1 aromatic rings. The van der Waals surface area contributed by atoms with Gasteiger partial charge in [-0.1, -0.05) is 0 Å². The Hall–Kier alpha value is -2.57. The number of carbonyl (C=O) groups is 2. The van der Waals surface area contributed by atoms with Crippen molar-refractivity contribution in [2.45, 2.75) is 56.2 Å². The summed E-state index contributed by atoms with van der Waals surface area (Å²) in [5.41, 5.74) is -3.22. The van der Waals surface area contributed by atoms with Gasteiger partial charge < -0.3 is 10.2 Å². The third-order valence-electron chi connectivity index (χ3n) is 5.48. The third kappa shape index (κ3) is 3.58. The van der Waals surface area contributed by atoms with E-state index >= 15 is 0 Å². The number of non-ortho nitro benzene ring substituents is 1. The number of carboxylic acid groups (broad SMARTS) is 2. The van der Waals surface area contributed by atoms with Crippen LogP contribution in [0.25, 0.3) is 0 Å². The van der Waals surface area contributed by atoms with E-state index in [4.69, 9.17) is 4.18 Å². The highest BCUT2D eigenvalue weighted by atomic mass is 32.2. The van der Waals surface area contributed by atoms with Gasteiger partial charge in [0, 0.05) is 25.5 Å².